The third-order valence-corrected chi connectivity index (χ3v) is 5.09. The number of amides is 1. The van der Waals surface area contributed by atoms with Crippen LogP contribution in [0.25, 0.3) is 22.0 Å². The second-order valence-electron chi connectivity index (χ2n) is 8.30. The van der Waals surface area contributed by atoms with Gasteiger partial charge in [0.25, 0.3) is 5.91 Å². The summed E-state index contributed by atoms with van der Waals surface area (Å²) in [6, 6.07) is 15.8. The molecule has 0 saturated carbocycles. The van der Waals surface area contributed by atoms with Gasteiger partial charge in [-0.3, -0.25) is 4.79 Å². The number of nitrogens with zero attached hydrogens (tertiary/aromatic N) is 3. The number of anilines is 1. The summed E-state index contributed by atoms with van der Waals surface area (Å²) < 4.78 is 1.98. The molecule has 0 spiro atoms. The number of aromatic nitrogens is 3. The van der Waals surface area contributed by atoms with Crippen LogP contribution >= 0.6 is 0 Å². The van der Waals surface area contributed by atoms with Gasteiger partial charge in [0.05, 0.1) is 41.8 Å². The Balaban J connectivity index is 1.59. The van der Waals surface area contributed by atoms with Crippen molar-refractivity contribution in [2.75, 3.05) is 5.32 Å². The van der Waals surface area contributed by atoms with Crippen LogP contribution < -0.4 is 5.32 Å². The van der Waals surface area contributed by atoms with Crippen LogP contribution in [0.3, 0.4) is 0 Å². The van der Waals surface area contributed by atoms with E-state index in [0.717, 1.165) is 22.0 Å². The minimum absolute atomic E-state index is 0.0560. The Labute approximate surface area is 172 Å². The first-order chi connectivity index (χ1) is 13.8. The maximum absolute atomic E-state index is 12.6. The number of hydrogen-bond acceptors (Lipinski definition) is 3. The van der Waals surface area contributed by atoms with Crippen molar-refractivity contribution in [1.29, 1.82) is 0 Å². The molecule has 5 nitrogen and oxygen atoms in total. The van der Waals surface area contributed by atoms with E-state index in [-0.39, 0.29) is 11.0 Å². The van der Waals surface area contributed by atoms with Crippen LogP contribution in [0.1, 0.15) is 15.9 Å². The molecule has 2 aromatic carbocycles. The molecular weight excluding hydrogens is 357 g/mol. The summed E-state index contributed by atoms with van der Waals surface area (Å²) in [5.74, 6) is 0.365. The van der Waals surface area contributed by atoms with Gasteiger partial charge in [-0.1, -0.05) is 34.9 Å². The summed E-state index contributed by atoms with van der Waals surface area (Å²) in [5.41, 5.74) is 3.91. The highest BCUT2D eigenvalue weighted by Crippen LogP contribution is 2.25. The first kappa shape index (κ1) is 19.1. The van der Waals surface area contributed by atoms with Gasteiger partial charge < -0.3 is 9.88 Å². The van der Waals surface area contributed by atoms with Crippen molar-refractivity contribution >= 4 is 46.0 Å². The number of aryl methyl sites for hydroxylation is 1. The Morgan fingerprint density at radius 3 is 2.41 bits per heavy atom. The fourth-order valence-corrected chi connectivity index (χ4v) is 3.31. The summed E-state index contributed by atoms with van der Waals surface area (Å²) >= 11 is 0. The molecule has 1 N–H and O–H groups in total. The molecule has 2 aromatic heterocycles. The van der Waals surface area contributed by atoms with Crippen LogP contribution in [0, 0.1) is 0 Å². The maximum atomic E-state index is 12.6. The Morgan fingerprint density at radius 2 is 1.76 bits per heavy atom. The molecule has 0 atom stereocenters. The monoisotopic (exact) mass is 378 g/mol. The number of carbonyl (C=O) groups excluding carboxylic acids is 1. The van der Waals surface area contributed by atoms with Crippen molar-refractivity contribution < 1.29 is 4.79 Å². The third-order valence-electron chi connectivity index (χ3n) is 5.09. The van der Waals surface area contributed by atoms with Gasteiger partial charge in [0, 0.05) is 29.8 Å². The summed E-state index contributed by atoms with van der Waals surface area (Å²) in [4.78, 5) is 21.2. The number of benzene rings is 2. The minimum Gasteiger partial charge on any atom is -0.334 e. The lowest BCUT2D eigenvalue weighted by Gasteiger charge is -2.18. The van der Waals surface area contributed by atoms with Crippen molar-refractivity contribution in [3.8, 4) is 11.3 Å². The number of carbonyl (C=O) groups is 1. The van der Waals surface area contributed by atoms with Gasteiger partial charge in [0.2, 0.25) is 0 Å². The average molecular weight is 378 g/mol. The van der Waals surface area contributed by atoms with Crippen molar-refractivity contribution in [2.24, 2.45) is 7.05 Å². The van der Waals surface area contributed by atoms with Crippen LogP contribution in [0.15, 0.2) is 67.3 Å². The van der Waals surface area contributed by atoms with Gasteiger partial charge in [-0.25, -0.2) is 9.97 Å². The van der Waals surface area contributed by atoms with Crippen LogP contribution in [-0.2, 0) is 12.2 Å². The Bertz CT molecular complexity index is 1200. The Kier molecular flexibility index (Phi) is 4.78. The maximum Gasteiger partial charge on any atom is 0.256 e. The van der Waals surface area contributed by atoms with E-state index in [4.69, 9.17) is 0 Å². The van der Waals surface area contributed by atoms with Crippen LogP contribution in [0.4, 0.5) is 5.82 Å². The minimum atomic E-state index is -0.167. The van der Waals surface area contributed by atoms with Crippen molar-refractivity contribution in [3.05, 3.63) is 78.4 Å². The second kappa shape index (κ2) is 7.28. The highest BCUT2D eigenvalue weighted by atomic mass is 16.1. The summed E-state index contributed by atoms with van der Waals surface area (Å²) in [6.45, 7) is 0. The van der Waals surface area contributed by atoms with Gasteiger partial charge >= 0.3 is 0 Å². The van der Waals surface area contributed by atoms with E-state index in [1.807, 2.05) is 54.2 Å². The molecule has 0 aliphatic heterocycles. The standard InChI is InChI=1S/C21H21B3N4O/c1-28-12-25-11-18(28)14-2-3-15-10-26-19(9-16(15)8-14)27-20(29)13-4-6-17(7-5-13)21(22,23)24/h2-12H,22-24H2,1H3,(H,26,27,29). The predicted octanol–water partition coefficient (Wildman–Crippen LogP) is 0.897. The smallest absolute Gasteiger partial charge is 0.256 e. The predicted molar refractivity (Wildman–Crippen MR) is 126 cm³/mol. The number of fused-ring (bicyclic) bond motifs is 1. The largest absolute Gasteiger partial charge is 0.334 e. The molecule has 0 bridgehead atoms. The zero-order chi connectivity index (χ0) is 20.6. The molecule has 0 fully saturated rings. The van der Waals surface area contributed by atoms with E-state index in [0.29, 0.717) is 11.4 Å². The van der Waals surface area contributed by atoms with Gasteiger partial charge in [-0.15, -0.1) is 0 Å². The molecule has 4 rings (SSSR count). The topological polar surface area (TPSA) is 59.8 Å². The number of pyridine rings is 1. The molecule has 4 aromatic rings. The first-order valence-corrected chi connectivity index (χ1v) is 9.60. The molecule has 8 heteroatoms. The van der Waals surface area contributed by atoms with Gasteiger partial charge in [0.15, 0.2) is 0 Å². The molecule has 29 heavy (non-hydrogen) atoms. The van der Waals surface area contributed by atoms with Crippen molar-refractivity contribution in [1.82, 2.24) is 14.5 Å². The van der Waals surface area contributed by atoms with E-state index in [9.17, 15) is 4.79 Å². The average Bonchev–Trinajstić information content (AvgIpc) is 3.13. The van der Waals surface area contributed by atoms with Crippen LogP contribution in [0.2, 0.25) is 0 Å². The summed E-state index contributed by atoms with van der Waals surface area (Å²) in [5, 5.41) is 4.99. The summed E-state index contributed by atoms with van der Waals surface area (Å²) in [7, 11) is 8.43. The highest BCUT2D eigenvalue weighted by molar-refractivity contribution is 6.58. The fraction of sp³-hybridized carbons (Fsp3) is 0.0952. The third kappa shape index (κ3) is 3.97. The van der Waals surface area contributed by atoms with E-state index in [2.05, 4.69) is 51.0 Å². The molecule has 140 valence electrons. The molecule has 0 saturated heterocycles. The Hall–Kier alpha value is -3.28. The molecule has 1 amide bonds. The molecule has 0 aliphatic carbocycles. The van der Waals surface area contributed by atoms with E-state index < -0.39 is 0 Å². The van der Waals surface area contributed by atoms with E-state index in [1.165, 1.54) is 5.56 Å². The zero-order valence-electron chi connectivity index (χ0n) is 17.1. The number of nitrogens with one attached hydrogen (secondary N) is 1. The molecule has 0 aliphatic rings. The van der Waals surface area contributed by atoms with Crippen molar-refractivity contribution in [3.63, 3.8) is 0 Å². The molecular formula is C21H21B3N4O. The quantitative estimate of drug-likeness (QED) is 0.537. The molecule has 0 unspecified atom stereocenters. The Morgan fingerprint density at radius 1 is 1.00 bits per heavy atom. The lowest BCUT2D eigenvalue weighted by Crippen LogP contribution is -2.27. The van der Waals surface area contributed by atoms with Gasteiger partial charge in [0.1, 0.15) is 5.82 Å². The van der Waals surface area contributed by atoms with Gasteiger partial charge in [-0.2, -0.15) is 0 Å². The molecule has 2 heterocycles. The lowest BCUT2D eigenvalue weighted by atomic mass is 9.40. The van der Waals surface area contributed by atoms with Crippen LogP contribution in [0.5, 0.6) is 0 Å². The van der Waals surface area contributed by atoms with E-state index in [1.54, 1.807) is 12.5 Å². The molecule has 0 radical (unpaired) electrons. The van der Waals surface area contributed by atoms with E-state index >= 15 is 0 Å². The van der Waals surface area contributed by atoms with Crippen molar-refractivity contribution in [2.45, 2.75) is 5.11 Å². The van der Waals surface area contributed by atoms with Crippen LogP contribution in [-0.4, -0.2) is 44.0 Å². The van der Waals surface area contributed by atoms with Gasteiger partial charge in [-0.05, 0) is 29.7 Å². The second-order valence-corrected chi connectivity index (χ2v) is 8.30. The number of rotatable bonds is 4. The first-order valence-electron chi connectivity index (χ1n) is 9.60. The summed E-state index contributed by atoms with van der Waals surface area (Å²) in [6.07, 6.45) is 5.40. The number of hydrogen-bond donors (Lipinski definition) is 1. The highest BCUT2D eigenvalue weighted by Gasteiger charge is 2.15. The zero-order valence-corrected chi connectivity index (χ0v) is 17.1. The normalized spacial score (nSPS) is 11.5. The number of imidazole rings is 1. The SMILES string of the molecule is BC(B)(B)c1ccc(C(=O)Nc2cc3cc(-c4cncn4C)ccc3cn2)cc1. The fourth-order valence-electron chi connectivity index (χ4n) is 3.31. The lowest BCUT2D eigenvalue weighted by molar-refractivity contribution is 0.102.